The first kappa shape index (κ1) is 14.6. The Hall–Kier alpha value is -1.82. The molecule has 20 heavy (non-hydrogen) atoms. The van der Waals surface area contributed by atoms with Gasteiger partial charge in [-0.15, -0.1) is 0 Å². The highest BCUT2D eigenvalue weighted by molar-refractivity contribution is 7.93. The molecular formula is C14H17NO4S. The molecule has 0 amide bonds. The van der Waals surface area contributed by atoms with E-state index in [2.05, 4.69) is 0 Å². The summed E-state index contributed by atoms with van der Waals surface area (Å²) in [7, 11) is -3.18. The van der Waals surface area contributed by atoms with Gasteiger partial charge in [0.1, 0.15) is 6.61 Å². The molecule has 108 valence electrons. The van der Waals surface area contributed by atoms with Crippen molar-refractivity contribution in [2.45, 2.75) is 13.3 Å². The van der Waals surface area contributed by atoms with Gasteiger partial charge < -0.3 is 4.74 Å². The molecule has 0 aromatic heterocycles. The lowest BCUT2D eigenvalue weighted by Crippen LogP contribution is -2.25. The average molecular weight is 295 g/mol. The van der Waals surface area contributed by atoms with E-state index in [-0.39, 0.29) is 12.4 Å². The van der Waals surface area contributed by atoms with Crippen molar-refractivity contribution in [3.05, 3.63) is 42.0 Å². The van der Waals surface area contributed by atoms with Crippen LogP contribution in [-0.2, 0) is 14.8 Å². The highest BCUT2D eigenvalue weighted by Crippen LogP contribution is 2.24. The number of allylic oxidation sites excluding steroid dienone is 1. The molecule has 0 N–H and O–H groups in total. The van der Waals surface area contributed by atoms with E-state index in [1.54, 1.807) is 36.4 Å². The molecule has 6 heteroatoms. The first-order valence-electron chi connectivity index (χ1n) is 6.43. The summed E-state index contributed by atoms with van der Waals surface area (Å²) in [5, 5.41) is 0. The van der Waals surface area contributed by atoms with E-state index in [4.69, 9.17) is 4.74 Å². The lowest BCUT2D eigenvalue weighted by molar-refractivity contribution is 0.0549. The Bertz CT molecular complexity index is 605. The van der Waals surface area contributed by atoms with Gasteiger partial charge in [-0.1, -0.05) is 12.2 Å². The molecule has 0 radical (unpaired) electrons. The summed E-state index contributed by atoms with van der Waals surface area (Å²) in [4.78, 5) is 11.7. The zero-order valence-corrected chi connectivity index (χ0v) is 12.1. The third-order valence-corrected chi connectivity index (χ3v) is 4.91. The zero-order chi connectivity index (χ0) is 14.6. The van der Waals surface area contributed by atoms with Crippen molar-refractivity contribution in [1.82, 2.24) is 0 Å². The summed E-state index contributed by atoms with van der Waals surface area (Å²) in [6.07, 6.45) is 4.17. The van der Waals surface area contributed by atoms with Gasteiger partial charge in [-0.3, -0.25) is 4.31 Å². The van der Waals surface area contributed by atoms with Gasteiger partial charge in [0.25, 0.3) is 0 Å². The van der Waals surface area contributed by atoms with Gasteiger partial charge in [-0.05, 0) is 37.6 Å². The van der Waals surface area contributed by atoms with Gasteiger partial charge in [-0.2, -0.15) is 0 Å². The number of carbonyl (C=O) groups is 1. The number of nitrogens with zero attached hydrogens (tertiary/aromatic N) is 1. The molecular weight excluding hydrogens is 278 g/mol. The normalized spacial score (nSPS) is 17.6. The summed E-state index contributed by atoms with van der Waals surface area (Å²) in [6, 6.07) is 6.44. The lowest BCUT2D eigenvalue weighted by atomic mass is 10.2. The maximum Gasteiger partial charge on any atom is 0.338 e. The second-order valence-electron chi connectivity index (χ2n) is 4.46. The van der Waals surface area contributed by atoms with E-state index in [1.807, 2.05) is 6.92 Å². The van der Waals surface area contributed by atoms with Crippen LogP contribution in [0.3, 0.4) is 0 Å². The Morgan fingerprint density at radius 2 is 2.05 bits per heavy atom. The Labute approximate surface area is 118 Å². The molecule has 1 aromatic rings. The van der Waals surface area contributed by atoms with Gasteiger partial charge in [0.15, 0.2) is 0 Å². The monoisotopic (exact) mass is 295 g/mol. The predicted molar refractivity (Wildman–Crippen MR) is 77.3 cm³/mol. The second-order valence-corrected chi connectivity index (χ2v) is 6.47. The third-order valence-electron chi connectivity index (χ3n) is 3.04. The molecule has 0 aliphatic carbocycles. The van der Waals surface area contributed by atoms with Gasteiger partial charge in [0.2, 0.25) is 10.0 Å². The van der Waals surface area contributed by atoms with Crippen molar-refractivity contribution in [3.63, 3.8) is 0 Å². The SMILES string of the molecule is C/C=C/COC(=O)c1ccc(N2CCCS2(=O)=O)cc1. The van der Waals surface area contributed by atoms with E-state index >= 15 is 0 Å². The van der Waals surface area contributed by atoms with E-state index in [0.717, 1.165) is 0 Å². The van der Waals surface area contributed by atoms with Gasteiger partial charge >= 0.3 is 5.97 Å². The molecule has 0 atom stereocenters. The maximum atomic E-state index is 11.8. The highest BCUT2D eigenvalue weighted by Gasteiger charge is 2.28. The van der Waals surface area contributed by atoms with Gasteiger partial charge in [0, 0.05) is 6.54 Å². The summed E-state index contributed by atoms with van der Waals surface area (Å²) >= 11 is 0. The van der Waals surface area contributed by atoms with Crippen LogP contribution >= 0.6 is 0 Å². The largest absolute Gasteiger partial charge is 0.458 e. The molecule has 1 aromatic carbocycles. The van der Waals surface area contributed by atoms with Crippen molar-refractivity contribution in [3.8, 4) is 0 Å². The molecule has 2 rings (SSSR count). The average Bonchev–Trinajstić information content (AvgIpc) is 2.79. The fraction of sp³-hybridized carbons (Fsp3) is 0.357. The van der Waals surface area contributed by atoms with Crippen molar-refractivity contribution in [2.75, 3.05) is 23.2 Å². The Morgan fingerprint density at radius 3 is 2.60 bits per heavy atom. The fourth-order valence-electron chi connectivity index (χ4n) is 2.00. The molecule has 1 aliphatic rings. The molecule has 0 spiro atoms. The maximum absolute atomic E-state index is 11.8. The van der Waals surface area contributed by atoms with E-state index in [9.17, 15) is 13.2 Å². The minimum atomic E-state index is -3.18. The number of ether oxygens (including phenoxy) is 1. The molecule has 0 bridgehead atoms. The number of carbonyl (C=O) groups excluding carboxylic acids is 1. The molecule has 1 saturated heterocycles. The van der Waals surface area contributed by atoms with Crippen LogP contribution in [0.2, 0.25) is 0 Å². The Morgan fingerprint density at radius 1 is 1.35 bits per heavy atom. The van der Waals surface area contributed by atoms with Crippen LogP contribution in [0.4, 0.5) is 5.69 Å². The molecule has 1 aliphatic heterocycles. The quantitative estimate of drug-likeness (QED) is 0.629. The first-order valence-corrected chi connectivity index (χ1v) is 8.04. The highest BCUT2D eigenvalue weighted by atomic mass is 32.2. The van der Waals surface area contributed by atoms with Crippen LogP contribution in [0, 0.1) is 0 Å². The predicted octanol–water partition coefficient (Wildman–Crippen LogP) is 1.96. The zero-order valence-electron chi connectivity index (χ0n) is 11.3. The Kier molecular flexibility index (Phi) is 4.44. The topological polar surface area (TPSA) is 63.7 Å². The molecule has 5 nitrogen and oxygen atoms in total. The summed E-state index contributed by atoms with van der Waals surface area (Å²) in [5.41, 5.74) is 1.00. The van der Waals surface area contributed by atoms with Gasteiger partial charge in [0.05, 0.1) is 17.0 Å². The van der Waals surface area contributed by atoms with Crippen LogP contribution < -0.4 is 4.31 Å². The number of esters is 1. The standard InChI is InChI=1S/C14H17NO4S/c1-2-3-10-19-14(16)12-5-7-13(8-6-12)15-9-4-11-20(15,17)18/h2-3,5-8H,4,9-11H2,1H3/b3-2+. The number of rotatable bonds is 4. The third kappa shape index (κ3) is 3.19. The number of benzene rings is 1. The van der Waals surface area contributed by atoms with Gasteiger partial charge in [-0.25, -0.2) is 13.2 Å². The summed E-state index contributed by atoms with van der Waals surface area (Å²) in [6.45, 7) is 2.57. The summed E-state index contributed by atoms with van der Waals surface area (Å²) in [5.74, 6) is -0.237. The number of hydrogen-bond acceptors (Lipinski definition) is 4. The van der Waals surface area contributed by atoms with Crippen LogP contribution in [0.25, 0.3) is 0 Å². The molecule has 1 heterocycles. The number of hydrogen-bond donors (Lipinski definition) is 0. The van der Waals surface area contributed by atoms with E-state index in [1.165, 1.54) is 4.31 Å². The fourth-order valence-corrected chi connectivity index (χ4v) is 3.56. The van der Waals surface area contributed by atoms with Crippen molar-refractivity contribution in [2.24, 2.45) is 0 Å². The van der Waals surface area contributed by atoms with Crippen LogP contribution in [-0.4, -0.2) is 33.3 Å². The van der Waals surface area contributed by atoms with Crippen molar-refractivity contribution < 1.29 is 17.9 Å². The van der Waals surface area contributed by atoms with E-state index in [0.29, 0.717) is 24.2 Å². The molecule has 0 unspecified atom stereocenters. The van der Waals surface area contributed by atoms with Crippen molar-refractivity contribution >= 4 is 21.7 Å². The Balaban J connectivity index is 2.08. The van der Waals surface area contributed by atoms with E-state index < -0.39 is 16.0 Å². The van der Waals surface area contributed by atoms with Crippen molar-refractivity contribution in [1.29, 1.82) is 0 Å². The molecule has 0 saturated carbocycles. The number of anilines is 1. The minimum Gasteiger partial charge on any atom is -0.458 e. The van der Waals surface area contributed by atoms with Crippen LogP contribution in [0.1, 0.15) is 23.7 Å². The number of sulfonamides is 1. The lowest BCUT2D eigenvalue weighted by Gasteiger charge is -2.16. The van der Waals surface area contributed by atoms with Crippen LogP contribution in [0.15, 0.2) is 36.4 Å². The molecule has 1 fully saturated rings. The minimum absolute atomic E-state index is 0.181. The summed E-state index contributed by atoms with van der Waals surface area (Å²) < 4.78 is 30.0. The van der Waals surface area contributed by atoms with Crippen LogP contribution in [0.5, 0.6) is 0 Å². The first-order chi connectivity index (χ1) is 9.54. The second kappa shape index (κ2) is 6.09. The smallest absolute Gasteiger partial charge is 0.338 e.